The molecule has 0 atom stereocenters. The first kappa shape index (κ1) is 12.1. The molecule has 0 bridgehead atoms. The summed E-state index contributed by atoms with van der Waals surface area (Å²) in [7, 11) is 1.61. The van der Waals surface area contributed by atoms with Crippen molar-refractivity contribution in [2.75, 3.05) is 25.6 Å². The Morgan fingerprint density at radius 2 is 2.20 bits per heavy atom. The Bertz CT molecular complexity index is 305. The van der Waals surface area contributed by atoms with Crippen molar-refractivity contribution in [1.82, 2.24) is 0 Å². The molecular formula is C11H16ClNO2. The summed E-state index contributed by atoms with van der Waals surface area (Å²) >= 11 is 6.03. The van der Waals surface area contributed by atoms with Crippen molar-refractivity contribution < 1.29 is 9.84 Å². The zero-order valence-corrected chi connectivity index (χ0v) is 9.55. The van der Waals surface area contributed by atoms with Gasteiger partial charge in [0.2, 0.25) is 0 Å². The number of nitrogens with one attached hydrogen (secondary N) is 1. The van der Waals surface area contributed by atoms with Gasteiger partial charge < -0.3 is 15.2 Å². The maximum absolute atomic E-state index is 8.62. The molecule has 0 heterocycles. The summed E-state index contributed by atoms with van der Waals surface area (Å²) in [4.78, 5) is 0. The standard InChI is InChI=1S/C11H16ClNO2/c1-15-9-4-5-11(10(12)8-9)13-6-2-3-7-14/h4-5,8,13-14H,2-3,6-7H2,1H3. The minimum atomic E-state index is 0.234. The average Bonchev–Trinajstić information content (AvgIpc) is 2.26. The minimum Gasteiger partial charge on any atom is -0.497 e. The second-order valence-corrected chi connectivity index (χ2v) is 3.61. The van der Waals surface area contributed by atoms with Crippen molar-refractivity contribution in [2.45, 2.75) is 12.8 Å². The molecule has 0 amide bonds. The van der Waals surface area contributed by atoms with Crippen LogP contribution in [0.5, 0.6) is 5.75 Å². The summed E-state index contributed by atoms with van der Waals surface area (Å²) in [6.45, 7) is 1.05. The molecule has 1 aromatic rings. The molecule has 1 rings (SSSR count). The van der Waals surface area contributed by atoms with Gasteiger partial charge in [0.1, 0.15) is 5.75 Å². The van der Waals surface area contributed by atoms with E-state index in [9.17, 15) is 0 Å². The summed E-state index contributed by atoms with van der Waals surface area (Å²) in [6, 6.07) is 5.52. The van der Waals surface area contributed by atoms with E-state index in [1.54, 1.807) is 13.2 Å². The number of aliphatic hydroxyl groups is 1. The van der Waals surface area contributed by atoms with Crippen LogP contribution in [0.4, 0.5) is 5.69 Å². The highest BCUT2D eigenvalue weighted by Crippen LogP contribution is 2.26. The topological polar surface area (TPSA) is 41.5 Å². The fourth-order valence-electron chi connectivity index (χ4n) is 1.23. The van der Waals surface area contributed by atoms with Gasteiger partial charge >= 0.3 is 0 Å². The highest BCUT2D eigenvalue weighted by molar-refractivity contribution is 6.33. The van der Waals surface area contributed by atoms with Crippen molar-refractivity contribution >= 4 is 17.3 Å². The molecule has 0 spiro atoms. The van der Waals surface area contributed by atoms with Crippen LogP contribution in [0, 0.1) is 0 Å². The normalized spacial score (nSPS) is 10.1. The third-order valence-electron chi connectivity index (χ3n) is 2.08. The summed E-state index contributed by atoms with van der Waals surface area (Å²) in [6.07, 6.45) is 1.74. The molecule has 2 N–H and O–H groups in total. The lowest BCUT2D eigenvalue weighted by Gasteiger charge is -2.09. The third-order valence-corrected chi connectivity index (χ3v) is 2.39. The van der Waals surface area contributed by atoms with Crippen LogP contribution in [0.15, 0.2) is 18.2 Å². The molecular weight excluding hydrogens is 214 g/mol. The van der Waals surface area contributed by atoms with Crippen molar-refractivity contribution in [3.05, 3.63) is 23.2 Å². The highest BCUT2D eigenvalue weighted by atomic mass is 35.5. The lowest BCUT2D eigenvalue weighted by molar-refractivity contribution is 0.286. The van der Waals surface area contributed by atoms with E-state index in [0.29, 0.717) is 5.02 Å². The van der Waals surface area contributed by atoms with Crippen LogP contribution in [0.25, 0.3) is 0 Å². The lowest BCUT2D eigenvalue weighted by atomic mass is 10.2. The molecule has 0 unspecified atom stereocenters. The number of halogens is 1. The number of anilines is 1. The Morgan fingerprint density at radius 3 is 2.80 bits per heavy atom. The molecule has 84 valence electrons. The van der Waals surface area contributed by atoms with E-state index in [1.165, 1.54) is 0 Å². The molecule has 0 radical (unpaired) electrons. The van der Waals surface area contributed by atoms with Crippen molar-refractivity contribution in [3.63, 3.8) is 0 Å². The molecule has 0 aromatic heterocycles. The zero-order valence-electron chi connectivity index (χ0n) is 8.79. The van der Waals surface area contributed by atoms with Crippen LogP contribution in [0.2, 0.25) is 5.02 Å². The second-order valence-electron chi connectivity index (χ2n) is 3.20. The molecule has 0 saturated carbocycles. The zero-order chi connectivity index (χ0) is 11.1. The fourth-order valence-corrected chi connectivity index (χ4v) is 1.46. The van der Waals surface area contributed by atoms with Crippen molar-refractivity contribution in [2.24, 2.45) is 0 Å². The Kier molecular flexibility index (Phi) is 5.29. The van der Waals surface area contributed by atoms with Gasteiger partial charge in [-0.25, -0.2) is 0 Å². The number of methoxy groups -OCH3 is 1. The maximum Gasteiger partial charge on any atom is 0.120 e. The third kappa shape index (κ3) is 3.98. The summed E-state index contributed by atoms with van der Waals surface area (Å²) in [5, 5.41) is 12.5. The minimum absolute atomic E-state index is 0.234. The summed E-state index contributed by atoms with van der Waals surface area (Å²) in [5.74, 6) is 0.751. The quantitative estimate of drug-likeness (QED) is 0.737. The van der Waals surface area contributed by atoms with Gasteiger partial charge in [-0.1, -0.05) is 11.6 Å². The summed E-state index contributed by atoms with van der Waals surface area (Å²) in [5.41, 5.74) is 0.899. The van der Waals surface area contributed by atoms with Gasteiger partial charge in [0, 0.05) is 19.2 Å². The van der Waals surface area contributed by atoms with Gasteiger partial charge in [-0.3, -0.25) is 0 Å². The van der Waals surface area contributed by atoms with Crippen LogP contribution in [-0.4, -0.2) is 25.4 Å². The molecule has 0 aliphatic carbocycles. The highest BCUT2D eigenvalue weighted by Gasteiger charge is 2.00. The van der Waals surface area contributed by atoms with E-state index in [4.69, 9.17) is 21.4 Å². The van der Waals surface area contributed by atoms with Crippen LogP contribution in [0.3, 0.4) is 0 Å². The molecule has 0 aliphatic heterocycles. The van der Waals surface area contributed by atoms with E-state index >= 15 is 0 Å². The maximum atomic E-state index is 8.62. The first-order valence-corrected chi connectivity index (χ1v) is 5.34. The smallest absolute Gasteiger partial charge is 0.120 e. The van der Waals surface area contributed by atoms with Crippen molar-refractivity contribution in [3.8, 4) is 5.75 Å². The SMILES string of the molecule is COc1ccc(NCCCCO)c(Cl)c1. The Balaban J connectivity index is 2.47. The van der Waals surface area contributed by atoms with Gasteiger partial charge in [-0.2, -0.15) is 0 Å². The lowest BCUT2D eigenvalue weighted by Crippen LogP contribution is -2.02. The molecule has 0 fully saturated rings. The monoisotopic (exact) mass is 229 g/mol. The number of ether oxygens (including phenoxy) is 1. The Morgan fingerprint density at radius 1 is 1.40 bits per heavy atom. The predicted octanol–water partition coefficient (Wildman–Crippen LogP) is 2.53. The van der Waals surface area contributed by atoms with Gasteiger partial charge in [0.05, 0.1) is 17.8 Å². The van der Waals surface area contributed by atoms with Gasteiger partial charge in [-0.05, 0) is 25.0 Å². The second kappa shape index (κ2) is 6.53. The number of rotatable bonds is 6. The molecule has 15 heavy (non-hydrogen) atoms. The van der Waals surface area contributed by atoms with Crippen LogP contribution in [0.1, 0.15) is 12.8 Å². The van der Waals surface area contributed by atoms with E-state index < -0.39 is 0 Å². The van der Waals surface area contributed by atoms with E-state index in [1.807, 2.05) is 12.1 Å². The largest absolute Gasteiger partial charge is 0.497 e. The van der Waals surface area contributed by atoms with E-state index in [0.717, 1.165) is 30.8 Å². The van der Waals surface area contributed by atoms with E-state index in [-0.39, 0.29) is 6.61 Å². The number of aliphatic hydroxyl groups excluding tert-OH is 1. The first-order chi connectivity index (χ1) is 7.27. The van der Waals surface area contributed by atoms with Gasteiger partial charge in [-0.15, -0.1) is 0 Å². The number of benzene rings is 1. The predicted molar refractivity (Wildman–Crippen MR) is 62.8 cm³/mol. The van der Waals surface area contributed by atoms with E-state index in [2.05, 4.69) is 5.32 Å². The molecule has 4 heteroatoms. The number of unbranched alkanes of at least 4 members (excludes halogenated alkanes) is 1. The van der Waals surface area contributed by atoms with Crippen LogP contribution >= 0.6 is 11.6 Å². The number of hydrogen-bond acceptors (Lipinski definition) is 3. The molecule has 0 saturated heterocycles. The molecule has 0 aliphatic rings. The van der Waals surface area contributed by atoms with Gasteiger partial charge in [0.25, 0.3) is 0 Å². The number of hydrogen-bond donors (Lipinski definition) is 2. The van der Waals surface area contributed by atoms with Gasteiger partial charge in [0.15, 0.2) is 0 Å². The van der Waals surface area contributed by atoms with Crippen LogP contribution < -0.4 is 10.1 Å². The first-order valence-electron chi connectivity index (χ1n) is 4.96. The molecule has 3 nitrogen and oxygen atoms in total. The molecule has 1 aromatic carbocycles. The van der Waals surface area contributed by atoms with Crippen LogP contribution in [-0.2, 0) is 0 Å². The average molecular weight is 230 g/mol. The Labute approximate surface area is 95.0 Å². The summed E-state index contributed by atoms with van der Waals surface area (Å²) < 4.78 is 5.05. The van der Waals surface area contributed by atoms with Crippen molar-refractivity contribution in [1.29, 1.82) is 0 Å². The Hall–Kier alpha value is -0.930. The fraction of sp³-hybridized carbons (Fsp3) is 0.455.